The zero-order valence-corrected chi connectivity index (χ0v) is 10.3. The summed E-state index contributed by atoms with van der Waals surface area (Å²) in [5.41, 5.74) is 1.24. The van der Waals surface area contributed by atoms with Crippen molar-refractivity contribution in [2.45, 2.75) is 19.3 Å². The van der Waals surface area contributed by atoms with Crippen LogP contribution in [0.5, 0.6) is 0 Å². The predicted molar refractivity (Wildman–Crippen MR) is 66.0 cm³/mol. The number of nitrogens with one attached hydrogen (secondary N) is 1. The lowest BCUT2D eigenvalue weighted by atomic mass is 9.69. The van der Waals surface area contributed by atoms with Crippen LogP contribution < -0.4 is 5.32 Å². The first-order valence-electron chi connectivity index (χ1n) is 5.35. The number of hydrogen-bond donors (Lipinski definition) is 2. The van der Waals surface area contributed by atoms with Gasteiger partial charge in [-0.3, -0.25) is 0 Å². The molecule has 0 heterocycles. The van der Waals surface area contributed by atoms with Crippen molar-refractivity contribution in [1.82, 2.24) is 0 Å². The van der Waals surface area contributed by atoms with Crippen LogP contribution in [0.1, 0.15) is 19.3 Å². The Morgan fingerprint density at radius 2 is 2.07 bits per heavy atom. The lowest BCUT2D eigenvalue weighted by molar-refractivity contribution is 0.0576. The van der Waals surface area contributed by atoms with Gasteiger partial charge in [0.1, 0.15) is 0 Å². The van der Waals surface area contributed by atoms with Gasteiger partial charge in [-0.1, -0.05) is 18.6 Å². The Balaban J connectivity index is 1.95. The first kappa shape index (κ1) is 11.0. The zero-order valence-electron chi connectivity index (χ0n) is 8.67. The molecule has 15 heavy (non-hydrogen) atoms. The molecule has 0 radical (unpaired) electrons. The van der Waals surface area contributed by atoms with Gasteiger partial charge in [-0.2, -0.15) is 0 Å². The molecule has 1 aliphatic rings. The van der Waals surface area contributed by atoms with Crippen molar-refractivity contribution in [3.05, 3.63) is 28.7 Å². The third kappa shape index (κ3) is 2.34. The summed E-state index contributed by atoms with van der Waals surface area (Å²) in [6, 6.07) is 8.09. The maximum atomic E-state index is 9.33. The molecule has 0 bridgehead atoms. The fourth-order valence-electron chi connectivity index (χ4n) is 1.95. The minimum Gasteiger partial charge on any atom is -0.396 e. The Kier molecular flexibility index (Phi) is 3.32. The maximum Gasteiger partial charge on any atom is 0.0504 e. The molecule has 2 nitrogen and oxygen atoms in total. The highest BCUT2D eigenvalue weighted by Gasteiger charge is 2.35. The Morgan fingerprint density at radius 3 is 2.60 bits per heavy atom. The molecule has 2 rings (SSSR count). The number of halogens is 1. The van der Waals surface area contributed by atoms with Gasteiger partial charge < -0.3 is 10.4 Å². The molecule has 0 saturated heterocycles. The molecule has 0 atom stereocenters. The highest BCUT2D eigenvalue weighted by atomic mass is 79.9. The van der Waals surface area contributed by atoms with Crippen molar-refractivity contribution in [2.24, 2.45) is 5.41 Å². The Labute approximate surface area is 98.8 Å². The van der Waals surface area contributed by atoms with Gasteiger partial charge >= 0.3 is 0 Å². The average molecular weight is 270 g/mol. The van der Waals surface area contributed by atoms with Crippen LogP contribution in [-0.2, 0) is 0 Å². The molecule has 0 aliphatic heterocycles. The summed E-state index contributed by atoms with van der Waals surface area (Å²) >= 11 is 3.50. The van der Waals surface area contributed by atoms with Crippen molar-refractivity contribution in [2.75, 3.05) is 18.5 Å². The lowest BCUT2D eigenvalue weighted by Gasteiger charge is -2.40. The molecule has 1 aliphatic carbocycles. The van der Waals surface area contributed by atoms with Crippen molar-refractivity contribution >= 4 is 21.6 Å². The fourth-order valence-corrected chi connectivity index (χ4v) is 2.38. The van der Waals surface area contributed by atoms with Crippen molar-refractivity contribution in [3.63, 3.8) is 0 Å². The van der Waals surface area contributed by atoms with Gasteiger partial charge in [0.25, 0.3) is 0 Å². The summed E-state index contributed by atoms with van der Waals surface area (Å²) in [6.07, 6.45) is 3.53. The summed E-state index contributed by atoms with van der Waals surface area (Å²) in [4.78, 5) is 0. The molecule has 1 aromatic carbocycles. The Morgan fingerprint density at radius 1 is 1.33 bits per heavy atom. The number of para-hydroxylation sites is 1. The highest BCUT2D eigenvalue weighted by molar-refractivity contribution is 9.10. The minimum atomic E-state index is 0.134. The van der Waals surface area contributed by atoms with Gasteiger partial charge in [0, 0.05) is 22.1 Å². The number of hydrogen-bond acceptors (Lipinski definition) is 2. The molecule has 2 N–H and O–H groups in total. The third-order valence-corrected chi connectivity index (χ3v) is 3.97. The first-order valence-corrected chi connectivity index (χ1v) is 6.14. The van der Waals surface area contributed by atoms with Crippen molar-refractivity contribution in [3.8, 4) is 0 Å². The van der Waals surface area contributed by atoms with E-state index in [2.05, 4.69) is 21.2 Å². The topological polar surface area (TPSA) is 32.3 Å². The second-order valence-electron chi connectivity index (χ2n) is 4.35. The van der Waals surface area contributed by atoms with E-state index < -0.39 is 0 Å². The van der Waals surface area contributed by atoms with E-state index in [1.165, 1.54) is 6.42 Å². The van der Waals surface area contributed by atoms with Crippen molar-refractivity contribution in [1.29, 1.82) is 0 Å². The van der Waals surface area contributed by atoms with Gasteiger partial charge in [-0.25, -0.2) is 0 Å². The monoisotopic (exact) mass is 269 g/mol. The normalized spacial score (nSPS) is 18.3. The standard InChI is InChI=1S/C12H16BrNO/c13-10-4-1-2-5-11(10)14-8-12(9-15)6-3-7-12/h1-2,4-5,14-15H,3,6-9H2. The van der Waals surface area contributed by atoms with Crippen LogP contribution >= 0.6 is 15.9 Å². The first-order chi connectivity index (χ1) is 7.26. The molecule has 82 valence electrons. The summed E-state index contributed by atoms with van der Waals surface area (Å²) in [5, 5.41) is 12.7. The van der Waals surface area contributed by atoms with E-state index in [4.69, 9.17) is 0 Å². The number of benzene rings is 1. The molecule has 0 amide bonds. The molecular formula is C12H16BrNO. The van der Waals surface area contributed by atoms with Crippen LogP contribution in [0.25, 0.3) is 0 Å². The van der Waals surface area contributed by atoms with Crippen LogP contribution in [0.3, 0.4) is 0 Å². The van der Waals surface area contributed by atoms with Gasteiger partial charge in [-0.15, -0.1) is 0 Å². The van der Waals surface area contributed by atoms with E-state index >= 15 is 0 Å². The van der Waals surface area contributed by atoms with Crippen LogP contribution in [0.2, 0.25) is 0 Å². The summed E-state index contributed by atoms with van der Waals surface area (Å²) in [6.45, 7) is 1.16. The van der Waals surface area contributed by atoms with E-state index in [0.29, 0.717) is 6.61 Å². The summed E-state index contributed by atoms with van der Waals surface area (Å²) in [7, 11) is 0. The van der Waals surface area contributed by atoms with E-state index in [-0.39, 0.29) is 5.41 Å². The molecule has 0 unspecified atom stereocenters. The number of aliphatic hydroxyl groups excluding tert-OH is 1. The van der Waals surface area contributed by atoms with Gasteiger partial charge in [0.15, 0.2) is 0 Å². The molecule has 1 aromatic rings. The molecule has 0 aromatic heterocycles. The minimum absolute atomic E-state index is 0.134. The Hall–Kier alpha value is -0.540. The Bertz CT molecular complexity index is 331. The van der Waals surface area contributed by atoms with Crippen LogP contribution in [0, 0.1) is 5.41 Å². The average Bonchev–Trinajstić information content (AvgIpc) is 2.19. The SMILES string of the molecule is OCC1(CNc2ccccc2Br)CCC1. The number of anilines is 1. The largest absolute Gasteiger partial charge is 0.396 e. The highest BCUT2D eigenvalue weighted by Crippen LogP contribution is 2.40. The smallest absolute Gasteiger partial charge is 0.0504 e. The van der Waals surface area contributed by atoms with Crippen LogP contribution in [-0.4, -0.2) is 18.3 Å². The second-order valence-corrected chi connectivity index (χ2v) is 5.20. The van der Waals surface area contributed by atoms with E-state index in [1.54, 1.807) is 0 Å². The molecule has 1 fully saturated rings. The number of rotatable bonds is 4. The molecular weight excluding hydrogens is 254 g/mol. The van der Waals surface area contributed by atoms with E-state index in [0.717, 1.165) is 29.5 Å². The maximum absolute atomic E-state index is 9.33. The predicted octanol–water partition coefficient (Wildman–Crippen LogP) is 3.02. The van der Waals surface area contributed by atoms with E-state index in [1.807, 2.05) is 24.3 Å². The summed E-state index contributed by atoms with van der Waals surface area (Å²) in [5.74, 6) is 0. The summed E-state index contributed by atoms with van der Waals surface area (Å²) < 4.78 is 1.08. The zero-order chi connectivity index (χ0) is 10.7. The number of aliphatic hydroxyl groups is 1. The van der Waals surface area contributed by atoms with E-state index in [9.17, 15) is 5.11 Å². The molecule has 1 saturated carbocycles. The molecule has 0 spiro atoms. The van der Waals surface area contributed by atoms with Crippen LogP contribution in [0.4, 0.5) is 5.69 Å². The lowest BCUT2D eigenvalue weighted by Crippen LogP contribution is -2.39. The second kappa shape index (κ2) is 4.54. The third-order valence-electron chi connectivity index (χ3n) is 3.28. The van der Waals surface area contributed by atoms with Crippen LogP contribution in [0.15, 0.2) is 28.7 Å². The van der Waals surface area contributed by atoms with Gasteiger partial charge in [0.05, 0.1) is 6.61 Å². The fraction of sp³-hybridized carbons (Fsp3) is 0.500. The van der Waals surface area contributed by atoms with Gasteiger partial charge in [0.2, 0.25) is 0 Å². The molecule has 3 heteroatoms. The quantitative estimate of drug-likeness (QED) is 0.881. The van der Waals surface area contributed by atoms with Crippen molar-refractivity contribution < 1.29 is 5.11 Å². The van der Waals surface area contributed by atoms with Gasteiger partial charge in [-0.05, 0) is 40.9 Å².